The highest BCUT2D eigenvalue weighted by molar-refractivity contribution is 5.73. The van der Waals surface area contributed by atoms with Gasteiger partial charge in [0.1, 0.15) is 22.5 Å². The molecule has 0 radical (unpaired) electrons. The lowest BCUT2D eigenvalue weighted by Gasteiger charge is -2.13. The molecule has 26 heavy (non-hydrogen) atoms. The number of aromatic nitrogens is 3. The number of phenolic OH excluding ortho intramolecular Hbond substituents is 1. The van der Waals surface area contributed by atoms with Gasteiger partial charge in [-0.3, -0.25) is 0 Å². The first kappa shape index (κ1) is 21.7. The average Bonchev–Trinajstić information content (AvgIpc) is 3.01. The van der Waals surface area contributed by atoms with Gasteiger partial charge in [0.15, 0.2) is 0 Å². The summed E-state index contributed by atoms with van der Waals surface area (Å²) in [7, 11) is 0. The van der Waals surface area contributed by atoms with Crippen molar-refractivity contribution in [2.75, 3.05) is 0 Å². The molecule has 0 spiro atoms. The van der Waals surface area contributed by atoms with Crippen LogP contribution in [0.4, 0.5) is 0 Å². The average molecular weight is 356 g/mol. The maximum absolute atomic E-state index is 10.5. The van der Waals surface area contributed by atoms with Crippen LogP contribution in [0.3, 0.4) is 0 Å². The molecule has 0 amide bonds. The Morgan fingerprint density at radius 2 is 1.35 bits per heavy atom. The Labute approximate surface area is 157 Å². The number of benzene rings is 2. The van der Waals surface area contributed by atoms with Crippen LogP contribution in [0.2, 0.25) is 0 Å². The summed E-state index contributed by atoms with van der Waals surface area (Å²) < 4.78 is 0. The monoisotopic (exact) mass is 355 g/mol. The van der Waals surface area contributed by atoms with Crippen molar-refractivity contribution in [1.29, 1.82) is 0 Å². The number of nitrogens with zero attached hydrogens (tertiary/aromatic N) is 3. The predicted molar refractivity (Wildman–Crippen MR) is 111 cm³/mol. The molecule has 0 unspecified atom stereocenters. The molecule has 3 rings (SSSR count). The van der Waals surface area contributed by atoms with Gasteiger partial charge in [0, 0.05) is 0 Å². The van der Waals surface area contributed by atoms with E-state index in [9.17, 15) is 5.11 Å². The summed E-state index contributed by atoms with van der Waals surface area (Å²) in [6.45, 7) is 16.6. The summed E-state index contributed by atoms with van der Waals surface area (Å²) >= 11 is 0. The lowest BCUT2D eigenvalue weighted by Crippen LogP contribution is -2.02. The molecule has 0 aliphatic rings. The first-order valence-corrected chi connectivity index (χ1v) is 9.45. The minimum Gasteiger partial charge on any atom is -0.505 e. The highest BCUT2D eigenvalue weighted by Gasteiger charge is 2.15. The van der Waals surface area contributed by atoms with Crippen molar-refractivity contribution >= 4 is 11.0 Å². The first-order valence-electron chi connectivity index (χ1n) is 9.45. The molecule has 142 valence electrons. The summed E-state index contributed by atoms with van der Waals surface area (Å²) in [6, 6.07) is 11.6. The summed E-state index contributed by atoms with van der Waals surface area (Å²) in [5.74, 6) is 1.34. The van der Waals surface area contributed by atoms with Crippen molar-refractivity contribution in [2.24, 2.45) is 5.92 Å². The molecule has 3 aromatic rings. The van der Waals surface area contributed by atoms with Gasteiger partial charge in [0.25, 0.3) is 0 Å². The van der Waals surface area contributed by atoms with Gasteiger partial charge in [-0.2, -0.15) is 0 Å². The molecule has 0 aliphatic carbocycles. The van der Waals surface area contributed by atoms with Crippen LogP contribution in [0, 0.1) is 12.8 Å². The Balaban J connectivity index is 0.000000500. The van der Waals surface area contributed by atoms with Crippen molar-refractivity contribution in [2.45, 2.75) is 61.3 Å². The maximum Gasteiger partial charge on any atom is 0.146 e. The lowest BCUT2D eigenvalue weighted by atomic mass is 9.99. The van der Waals surface area contributed by atoms with E-state index >= 15 is 0 Å². The van der Waals surface area contributed by atoms with Crippen LogP contribution in [0.15, 0.2) is 36.4 Å². The number of hydrogen-bond donors (Lipinski definition) is 1. The molecular formula is C22H33N3O. The normalized spacial score (nSPS) is 10.4. The Bertz CT molecular complexity index is 784. The molecule has 0 saturated carbocycles. The van der Waals surface area contributed by atoms with Crippen LogP contribution in [0.1, 0.15) is 65.5 Å². The highest BCUT2D eigenvalue weighted by Crippen LogP contribution is 2.32. The van der Waals surface area contributed by atoms with Gasteiger partial charge in [-0.1, -0.05) is 66.7 Å². The Kier molecular flexibility index (Phi) is 8.30. The van der Waals surface area contributed by atoms with E-state index < -0.39 is 0 Å². The third kappa shape index (κ3) is 5.58. The molecular weight excluding hydrogens is 322 g/mol. The van der Waals surface area contributed by atoms with Gasteiger partial charge in [-0.15, -0.1) is 15.0 Å². The zero-order valence-electron chi connectivity index (χ0n) is 17.4. The van der Waals surface area contributed by atoms with E-state index in [1.54, 1.807) is 0 Å². The van der Waals surface area contributed by atoms with Crippen LogP contribution in [-0.2, 0) is 0 Å². The number of aromatic hydroxyl groups is 1. The molecule has 4 nitrogen and oxygen atoms in total. The van der Waals surface area contributed by atoms with Gasteiger partial charge in [0.2, 0.25) is 0 Å². The van der Waals surface area contributed by atoms with Crippen LogP contribution in [-0.4, -0.2) is 20.1 Å². The second-order valence-electron chi connectivity index (χ2n) is 7.09. The third-order valence-corrected chi connectivity index (χ3v) is 3.39. The van der Waals surface area contributed by atoms with Crippen LogP contribution < -0.4 is 0 Å². The van der Waals surface area contributed by atoms with Crippen LogP contribution in [0.5, 0.6) is 5.75 Å². The number of rotatable bonds is 2. The molecule has 0 atom stereocenters. The fourth-order valence-electron chi connectivity index (χ4n) is 2.35. The fraction of sp³-hybridized carbons (Fsp3) is 0.455. The number of hydrogen-bond acceptors (Lipinski definition) is 3. The molecule has 0 bridgehead atoms. The van der Waals surface area contributed by atoms with E-state index in [1.807, 2.05) is 57.2 Å². The van der Waals surface area contributed by atoms with Crippen molar-refractivity contribution in [3.63, 3.8) is 0 Å². The third-order valence-electron chi connectivity index (χ3n) is 3.39. The van der Waals surface area contributed by atoms with Crippen molar-refractivity contribution in [3.8, 4) is 11.4 Å². The van der Waals surface area contributed by atoms with E-state index in [0.717, 1.165) is 28.1 Å². The second kappa shape index (κ2) is 9.95. The van der Waals surface area contributed by atoms with Gasteiger partial charge >= 0.3 is 0 Å². The predicted octanol–water partition coefficient (Wildman–Crippen LogP) is 6.25. The van der Waals surface area contributed by atoms with Gasteiger partial charge < -0.3 is 5.11 Å². The Morgan fingerprint density at radius 1 is 0.885 bits per heavy atom. The zero-order valence-corrected chi connectivity index (χ0v) is 17.4. The maximum atomic E-state index is 10.5. The molecule has 0 saturated heterocycles. The molecule has 2 aromatic carbocycles. The van der Waals surface area contributed by atoms with Crippen LogP contribution >= 0.6 is 0 Å². The highest BCUT2D eigenvalue weighted by atomic mass is 16.3. The van der Waals surface area contributed by atoms with Crippen molar-refractivity contribution in [1.82, 2.24) is 15.0 Å². The van der Waals surface area contributed by atoms with Crippen LogP contribution in [0.25, 0.3) is 16.7 Å². The summed E-state index contributed by atoms with van der Waals surface area (Å²) in [6.07, 6.45) is 0. The fourth-order valence-corrected chi connectivity index (χ4v) is 2.35. The molecule has 1 N–H and O–H groups in total. The SMILES string of the molecule is CC.CC(C)C.Cc1cc(C(C)C)c(O)c(-n2nc3ccccc3n2)c1. The van der Waals surface area contributed by atoms with E-state index in [0.29, 0.717) is 5.69 Å². The minimum absolute atomic E-state index is 0.249. The molecule has 1 heterocycles. The second-order valence-corrected chi connectivity index (χ2v) is 7.09. The van der Waals surface area contributed by atoms with E-state index in [-0.39, 0.29) is 11.7 Å². The molecule has 1 aromatic heterocycles. The summed E-state index contributed by atoms with van der Waals surface area (Å²) in [4.78, 5) is 1.51. The minimum atomic E-state index is 0.249. The first-order chi connectivity index (χ1) is 12.3. The largest absolute Gasteiger partial charge is 0.505 e. The Hall–Kier alpha value is -2.36. The van der Waals surface area contributed by atoms with Gasteiger partial charge in [0.05, 0.1) is 0 Å². The topological polar surface area (TPSA) is 50.9 Å². The van der Waals surface area contributed by atoms with E-state index in [4.69, 9.17) is 0 Å². The Morgan fingerprint density at radius 3 is 1.77 bits per heavy atom. The summed E-state index contributed by atoms with van der Waals surface area (Å²) in [5.41, 5.74) is 4.27. The summed E-state index contributed by atoms with van der Waals surface area (Å²) in [5, 5.41) is 19.3. The number of fused-ring (bicyclic) bond motifs is 1. The number of phenols is 1. The zero-order chi connectivity index (χ0) is 19.9. The van der Waals surface area contributed by atoms with Crippen molar-refractivity contribution < 1.29 is 5.11 Å². The molecule has 4 heteroatoms. The van der Waals surface area contributed by atoms with Gasteiger partial charge in [-0.25, -0.2) is 0 Å². The van der Waals surface area contributed by atoms with Crippen molar-refractivity contribution in [3.05, 3.63) is 47.5 Å². The molecule has 0 fully saturated rings. The standard InChI is InChI=1S/C16H17N3O.C4H10.C2H6/c1-10(2)12-8-11(3)9-15(16(12)20)19-17-13-6-4-5-7-14(13)18-19;1-4(2)3;1-2/h4-10,20H,1-3H3;4H,1-3H3;1-2H3. The van der Waals surface area contributed by atoms with E-state index in [2.05, 4.69) is 44.8 Å². The quantitative estimate of drug-likeness (QED) is 0.591. The number of aryl methyl sites for hydroxylation is 1. The van der Waals surface area contributed by atoms with E-state index in [1.165, 1.54) is 4.80 Å². The van der Waals surface area contributed by atoms with Gasteiger partial charge in [-0.05, 0) is 48.1 Å². The lowest BCUT2D eigenvalue weighted by molar-refractivity contribution is 0.457. The molecule has 0 aliphatic heterocycles. The smallest absolute Gasteiger partial charge is 0.146 e.